The number of thiophene rings is 1. The molecular formula is C17H22FIN4S. The number of rotatable bonds is 3. The van der Waals surface area contributed by atoms with Crippen LogP contribution in [0, 0.1) is 5.82 Å². The fourth-order valence-electron chi connectivity index (χ4n) is 2.73. The molecule has 1 saturated heterocycles. The summed E-state index contributed by atoms with van der Waals surface area (Å²) in [5.74, 6) is 0.750. The maximum Gasteiger partial charge on any atom is 0.194 e. The second-order valence-electron chi connectivity index (χ2n) is 5.48. The summed E-state index contributed by atoms with van der Waals surface area (Å²) in [6.45, 7) is 4.42. The molecule has 0 unspecified atom stereocenters. The molecule has 1 aromatic heterocycles. The Hall–Kier alpha value is -1.35. The van der Waals surface area contributed by atoms with Crippen molar-refractivity contribution < 1.29 is 4.39 Å². The van der Waals surface area contributed by atoms with Crippen molar-refractivity contribution in [1.29, 1.82) is 0 Å². The number of hydrogen-bond donors (Lipinski definition) is 1. The third-order valence-electron chi connectivity index (χ3n) is 4.01. The first-order valence-electron chi connectivity index (χ1n) is 7.73. The molecule has 4 nitrogen and oxygen atoms in total. The van der Waals surface area contributed by atoms with Crippen molar-refractivity contribution in [3.8, 4) is 0 Å². The first-order chi connectivity index (χ1) is 11.3. The van der Waals surface area contributed by atoms with Crippen LogP contribution in [0.25, 0.3) is 0 Å². The van der Waals surface area contributed by atoms with E-state index in [4.69, 9.17) is 0 Å². The molecule has 130 valence electrons. The molecule has 1 aliphatic heterocycles. The lowest BCUT2D eigenvalue weighted by molar-refractivity contribution is 0.372. The van der Waals surface area contributed by atoms with E-state index in [1.54, 1.807) is 11.3 Å². The van der Waals surface area contributed by atoms with Gasteiger partial charge in [0.25, 0.3) is 0 Å². The lowest BCUT2D eigenvalue weighted by atomic mass is 10.2. The van der Waals surface area contributed by atoms with Crippen LogP contribution in [-0.4, -0.2) is 44.1 Å². The highest BCUT2D eigenvalue weighted by Crippen LogP contribution is 2.17. The van der Waals surface area contributed by atoms with Gasteiger partial charge >= 0.3 is 0 Å². The van der Waals surface area contributed by atoms with Gasteiger partial charge in [0.1, 0.15) is 5.82 Å². The number of guanidine groups is 1. The predicted octanol–water partition coefficient (Wildman–Crippen LogP) is 3.40. The Labute approximate surface area is 163 Å². The van der Waals surface area contributed by atoms with Crippen LogP contribution in [0.1, 0.15) is 5.56 Å². The van der Waals surface area contributed by atoms with Gasteiger partial charge in [0.05, 0.1) is 0 Å². The number of aliphatic imine (C=N–C) groups is 1. The monoisotopic (exact) mass is 460 g/mol. The Morgan fingerprint density at radius 1 is 1.17 bits per heavy atom. The largest absolute Gasteiger partial charge is 0.368 e. The van der Waals surface area contributed by atoms with Crippen LogP contribution in [0.5, 0.6) is 0 Å². The Balaban J connectivity index is 0.00000208. The van der Waals surface area contributed by atoms with Crippen molar-refractivity contribution in [2.75, 3.05) is 38.1 Å². The topological polar surface area (TPSA) is 30.9 Å². The Morgan fingerprint density at radius 3 is 2.46 bits per heavy atom. The summed E-state index contributed by atoms with van der Waals surface area (Å²) in [5, 5.41) is 7.65. The van der Waals surface area contributed by atoms with Crippen LogP contribution < -0.4 is 10.2 Å². The molecule has 2 heterocycles. The second kappa shape index (κ2) is 9.22. The van der Waals surface area contributed by atoms with E-state index < -0.39 is 0 Å². The number of nitrogens with zero attached hydrogens (tertiary/aromatic N) is 3. The zero-order valence-corrected chi connectivity index (χ0v) is 16.8. The van der Waals surface area contributed by atoms with Crippen LogP contribution in [0.4, 0.5) is 10.1 Å². The van der Waals surface area contributed by atoms with Crippen molar-refractivity contribution in [3.63, 3.8) is 0 Å². The van der Waals surface area contributed by atoms with Gasteiger partial charge in [-0.15, -0.1) is 24.0 Å². The van der Waals surface area contributed by atoms with Gasteiger partial charge in [-0.1, -0.05) is 0 Å². The third-order valence-corrected chi connectivity index (χ3v) is 4.75. The fourth-order valence-corrected chi connectivity index (χ4v) is 3.40. The van der Waals surface area contributed by atoms with Gasteiger partial charge in [-0.25, -0.2) is 4.39 Å². The fraction of sp³-hybridized carbons (Fsp3) is 0.353. The van der Waals surface area contributed by atoms with Gasteiger partial charge < -0.3 is 15.1 Å². The predicted molar refractivity (Wildman–Crippen MR) is 110 cm³/mol. The second-order valence-corrected chi connectivity index (χ2v) is 6.26. The number of piperazine rings is 1. The first-order valence-corrected chi connectivity index (χ1v) is 8.68. The van der Waals surface area contributed by atoms with E-state index in [9.17, 15) is 4.39 Å². The van der Waals surface area contributed by atoms with Gasteiger partial charge in [0.2, 0.25) is 0 Å². The summed E-state index contributed by atoms with van der Waals surface area (Å²) in [5.41, 5.74) is 2.35. The SMILES string of the molecule is CN=C(NCc1ccsc1)N1CCN(c2ccc(F)cc2)CC1.I. The maximum absolute atomic E-state index is 13.0. The highest BCUT2D eigenvalue weighted by Gasteiger charge is 2.19. The average molecular weight is 460 g/mol. The van der Waals surface area contributed by atoms with Gasteiger partial charge in [-0.2, -0.15) is 11.3 Å². The van der Waals surface area contributed by atoms with Crippen LogP contribution in [0.3, 0.4) is 0 Å². The third kappa shape index (κ3) is 4.83. The minimum absolute atomic E-state index is 0. The molecule has 1 aliphatic rings. The maximum atomic E-state index is 13.0. The molecule has 0 spiro atoms. The van der Waals surface area contributed by atoms with E-state index in [-0.39, 0.29) is 29.8 Å². The first kappa shape index (κ1) is 19.0. The van der Waals surface area contributed by atoms with E-state index in [1.165, 1.54) is 17.7 Å². The van der Waals surface area contributed by atoms with E-state index in [1.807, 2.05) is 19.2 Å². The van der Waals surface area contributed by atoms with Crippen LogP contribution in [0.15, 0.2) is 46.1 Å². The summed E-state index contributed by atoms with van der Waals surface area (Å²) in [6, 6.07) is 8.84. The molecule has 1 N–H and O–H groups in total. The van der Waals surface area contributed by atoms with Crippen molar-refractivity contribution in [1.82, 2.24) is 10.2 Å². The highest BCUT2D eigenvalue weighted by atomic mass is 127. The van der Waals surface area contributed by atoms with Crippen molar-refractivity contribution in [2.45, 2.75) is 6.54 Å². The molecule has 0 radical (unpaired) electrons. The molecule has 0 amide bonds. The van der Waals surface area contributed by atoms with Gasteiger partial charge in [0.15, 0.2) is 5.96 Å². The number of nitrogens with one attached hydrogen (secondary N) is 1. The van der Waals surface area contributed by atoms with Crippen LogP contribution >= 0.6 is 35.3 Å². The summed E-state index contributed by atoms with van der Waals surface area (Å²) in [6.07, 6.45) is 0. The van der Waals surface area contributed by atoms with Gasteiger partial charge in [-0.3, -0.25) is 4.99 Å². The Kier molecular flexibility index (Phi) is 7.29. The zero-order chi connectivity index (χ0) is 16.1. The quantitative estimate of drug-likeness (QED) is 0.433. The zero-order valence-electron chi connectivity index (χ0n) is 13.6. The smallest absolute Gasteiger partial charge is 0.194 e. The minimum atomic E-state index is -0.189. The van der Waals surface area contributed by atoms with Gasteiger partial charge in [0, 0.05) is 45.5 Å². The van der Waals surface area contributed by atoms with Crippen LogP contribution in [-0.2, 0) is 6.54 Å². The molecule has 0 bridgehead atoms. The Morgan fingerprint density at radius 2 is 1.88 bits per heavy atom. The Bertz CT molecular complexity index is 637. The highest BCUT2D eigenvalue weighted by molar-refractivity contribution is 14.0. The van der Waals surface area contributed by atoms with E-state index >= 15 is 0 Å². The number of hydrogen-bond acceptors (Lipinski definition) is 3. The summed E-state index contributed by atoms with van der Waals surface area (Å²) >= 11 is 1.71. The van der Waals surface area contributed by atoms with Gasteiger partial charge in [-0.05, 0) is 46.7 Å². The molecule has 1 aromatic carbocycles. The molecule has 0 atom stereocenters. The van der Waals surface area contributed by atoms with Crippen molar-refractivity contribution in [3.05, 3.63) is 52.5 Å². The number of benzene rings is 1. The van der Waals surface area contributed by atoms with Crippen molar-refractivity contribution >= 4 is 47.0 Å². The average Bonchev–Trinajstić information content (AvgIpc) is 3.10. The van der Waals surface area contributed by atoms with Crippen molar-refractivity contribution in [2.24, 2.45) is 4.99 Å². The molecule has 0 saturated carbocycles. The van der Waals surface area contributed by atoms with Crippen LogP contribution in [0.2, 0.25) is 0 Å². The number of halogens is 2. The van der Waals surface area contributed by atoms with E-state index in [2.05, 4.69) is 36.9 Å². The molecule has 7 heteroatoms. The van der Waals surface area contributed by atoms with E-state index in [0.717, 1.165) is 44.4 Å². The molecule has 2 aromatic rings. The summed E-state index contributed by atoms with van der Waals surface area (Å²) < 4.78 is 13.0. The standard InChI is InChI=1S/C17H21FN4S.HI/c1-19-17(20-12-14-6-11-23-13-14)22-9-7-21(8-10-22)16-4-2-15(18)3-5-16;/h2-6,11,13H,7-10,12H2,1H3,(H,19,20);1H. The lowest BCUT2D eigenvalue weighted by Crippen LogP contribution is -2.52. The normalized spacial score (nSPS) is 15.2. The molecule has 3 rings (SSSR count). The molecular weight excluding hydrogens is 438 g/mol. The van der Waals surface area contributed by atoms with E-state index in [0.29, 0.717) is 0 Å². The summed E-state index contributed by atoms with van der Waals surface area (Å²) in [4.78, 5) is 8.94. The summed E-state index contributed by atoms with van der Waals surface area (Å²) in [7, 11) is 1.82. The molecule has 0 aliphatic carbocycles. The minimum Gasteiger partial charge on any atom is -0.368 e. The lowest BCUT2D eigenvalue weighted by Gasteiger charge is -2.37. The molecule has 1 fully saturated rings. The molecule has 24 heavy (non-hydrogen) atoms. The number of anilines is 1.